The van der Waals surface area contributed by atoms with Gasteiger partial charge in [-0.1, -0.05) is 66.7 Å². The van der Waals surface area contributed by atoms with Crippen molar-refractivity contribution < 1.29 is 19.4 Å². The molecule has 1 fully saturated rings. The molecule has 0 atom stereocenters. The number of aryl methyl sites for hydroxylation is 1. The third-order valence-electron chi connectivity index (χ3n) is 7.72. The van der Waals surface area contributed by atoms with Crippen molar-refractivity contribution in [1.29, 1.82) is 0 Å². The molecule has 0 unspecified atom stereocenters. The highest BCUT2D eigenvalue weighted by atomic mass is 16.5. The Morgan fingerprint density at radius 1 is 0.902 bits per heavy atom. The maximum absolute atomic E-state index is 11.4. The largest absolute Gasteiger partial charge is 0.550 e. The molecule has 0 saturated carbocycles. The molecule has 1 aromatic heterocycles. The monoisotopic (exact) mass is 553 g/mol. The molecule has 0 aliphatic carbocycles. The van der Waals surface area contributed by atoms with Gasteiger partial charge in [-0.15, -0.1) is 0 Å². The molecule has 1 aliphatic heterocycles. The number of aromatic nitrogens is 2. The second-order valence-electron chi connectivity index (χ2n) is 10.6. The maximum Gasteiger partial charge on any atom is 0.303 e. The Morgan fingerprint density at radius 3 is 2.17 bits per heavy atom. The Kier molecular flexibility index (Phi) is 9.44. The number of carboxylic acids is 1. The van der Waals surface area contributed by atoms with Crippen molar-refractivity contribution >= 4 is 23.0 Å². The number of fused-ring (bicyclic) bond motifs is 1. The standard InChI is InChI=1S/C33H38N4O4/c1-25(38)41-24-31-34-29-22-26(15-16-30(29)37(31)17-9-8-14-32(39)40)23-35-18-20-36(21-19-35)33(27-10-4-2-5-11-27)28-12-6-3-7-13-28/h2-7,10-13,15-16,22,33H,8-9,14,17-21,23-24H2,1H3,(H,39,40)/p-1. The van der Waals surface area contributed by atoms with Crippen LogP contribution in [0.25, 0.3) is 11.0 Å². The van der Waals surface area contributed by atoms with Crippen LogP contribution in [-0.4, -0.2) is 57.5 Å². The second-order valence-corrected chi connectivity index (χ2v) is 10.6. The maximum atomic E-state index is 11.4. The number of piperazine rings is 1. The number of carbonyl (C=O) groups is 2. The van der Waals surface area contributed by atoms with Crippen LogP contribution in [0.1, 0.15) is 54.7 Å². The van der Waals surface area contributed by atoms with Crippen molar-refractivity contribution in [2.24, 2.45) is 0 Å². The lowest BCUT2D eigenvalue weighted by molar-refractivity contribution is -0.305. The van der Waals surface area contributed by atoms with Gasteiger partial charge in [0.15, 0.2) is 0 Å². The number of nitrogens with zero attached hydrogens (tertiary/aromatic N) is 4. The van der Waals surface area contributed by atoms with Gasteiger partial charge in [0.2, 0.25) is 0 Å². The number of unbranched alkanes of at least 4 members (excludes halogenated alkanes) is 1. The number of hydrogen-bond acceptors (Lipinski definition) is 7. The smallest absolute Gasteiger partial charge is 0.303 e. The van der Waals surface area contributed by atoms with E-state index in [1.807, 2.05) is 4.57 Å². The lowest BCUT2D eigenvalue weighted by atomic mass is 9.96. The van der Waals surface area contributed by atoms with Gasteiger partial charge in [-0.25, -0.2) is 4.98 Å². The first-order valence-corrected chi connectivity index (χ1v) is 14.4. The summed E-state index contributed by atoms with van der Waals surface area (Å²) in [6, 6.07) is 28.0. The van der Waals surface area contributed by atoms with E-state index in [9.17, 15) is 14.7 Å². The van der Waals surface area contributed by atoms with Gasteiger partial charge in [-0.3, -0.25) is 14.6 Å². The summed E-state index contributed by atoms with van der Waals surface area (Å²) in [5.41, 5.74) is 5.64. The fraction of sp³-hybridized carbons (Fsp3) is 0.364. The average molecular weight is 554 g/mol. The molecule has 0 spiro atoms. The summed E-state index contributed by atoms with van der Waals surface area (Å²) in [7, 11) is 0. The van der Waals surface area contributed by atoms with E-state index in [0.29, 0.717) is 25.2 Å². The van der Waals surface area contributed by atoms with E-state index in [1.54, 1.807) is 0 Å². The van der Waals surface area contributed by atoms with Crippen molar-refractivity contribution in [1.82, 2.24) is 19.4 Å². The molecule has 3 aromatic carbocycles. The van der Waals surface area contributed by atoms with E-state index in [4.69, 9.17) is 9.72 Å². The Bertz CT molecular complexity index is 1410. The van der Waals surface area contributed by atoms with Crippen molar-refractivity contribution in [2.75, 3.05) is 26.2 Å². The highest BCUT2D eigenvalue weighted by Crippen LogP contribution is 2.30. The zero-order valence-corrected chi connectivity index (χ0v) is 23.6. The van der Waals surface area contributed by atoms with Gasteiger partial charge in [0, 0.05) is 52.2 Å². The summed E-state index contributed by atoms with van der Waals surface area (Å²) >= 11 is 0. The van der Waals surface area contributed by atoms with Crippen molar-refractivity contribution in [3.05, 3.63) is 101 Å². The lowest BCUT2D eigenvalue weighted by Gasteiger charge is -2.39. The first kappa shape index (κ1) is 28.5. The predicted octanol–water partition coefficient (Wildman–Crippen LogP) is 3.93. The van der Waals surface area contributed by atoms with E-state index in [-0.39, 0.29) is 25.0 Å². The summed E-state index contributed by atoms with van der Waals surface area (Å²) in [6.45, 7) is 6.80. The Balaban J connectivity index is 1.26. The molecule has 0 amide bonds. The molecular weight excluding hydrogens is 516 g/mol. The number of aliphatic carboxylic acids is 1. The Labute approximate surface area is 241 Å². The van der Waals surface area contributed by atoms with E-state index < -0.39 is 5.97 Å². The molecule has 1 saturated heterocycles. The molecule has 0 N–H and O–H groups in total. The molecule has 214 valence electrons. The van der Waals surface area contributed by atoms with Gasteiger partial charge < -0.3 is 19.2 Å². The summed E-state index contributed by atoms with van der Waals surface area (Å²) in [5.74, 6) is -0.730. The Hall–Kier alpha value is -4.01. The topological polar surface area (TPSA) is 90.7 Å². The first-order chi connectivity index (χ1) is 20.0. The van der Waals surface area contributed by atoms with Crippen LogP contribution in [-0.2, 0) is 34.0 Å². The van der Waals surface area contributed by atoms with Crippen LogP contribution in [0, 0.1) is 0 Å². The SMILES string of the molecule is CC(=O)OCc1nc2cc(CN3CCN(C(c4ccccc4)c4ccccc4)CC3)ccc2n1CCCCC(=O)[O-]. The summed E-state index contributed by atoms with van der Waals surface area (Å²) < 4.78 is 7.28. The number of esters is 1. The predicted molar refractivity (Wildman–Crippen MR) is 156 cm³/mol. The Morgan fingerprint density at radius 2 is 1.56 bits per heavy atom. The van der Waals surface area contributed by atoms with Crippen LogP contribution in [0.5, 0.6) is 0 Å². The average Bonchev–Trinajstić information content (AvgIpc) is 3.33. The number of rotatable bonds is 12. The molecule has 1 aliphatic rings. The first-order valence-electron chi connectivity index (χ1n) is 14.4. The minimum atomic E-state index is -1.04. The number of ether oxygens (including phenoxy) is 1. The molecule has 4 aromatic rings. The molecule has 8 nitrogen and oxygen atoms in total. The van der Waals surface area contributed by atoms with Gasteiger partial charge in [0.1, 0.15) is 12.4 Å². The number of carbonyl (C=O) groups excluding carboxylic acids is 2. The van der Waals surface area contributed by atoms with Crippen molar-refractivity contribution in [2.45, 2.75) is 51.9 Å². The molecule has 8 heteroatoms. The highest BCUT2D eigenvalue weighted by molar-refractivity contribution is 5.77. The van der Waals surface area contributed by atoms with Gasteiger partial charge in [0.25, 0.3) is 0 Å². The van der Waals surface area contributed by atoms with Crippen LogP contribution in [0.4, 0.5) is 0 Å². The number of imidazole rings is 1. The summed E-state index contributed by atoms with van der Waals surface area (Å²) in [6.07, 6.45) is 1.22. The van der Waals surface area contributed by atoms with E-state index in [2.05, 4.69) is 88.7 Å². The second kappa shape index (κ2) is 13.6. The molecule has 0 bridgehead atoms. The third kappa shape index (κ3) is 7.39. The minimum absolute atomic E-state index is 0.0285. The molecular formula is C33H37N4O4-. The number of hydrogen-bond donors (Lipinski definition) is 0. The fourth-order valence-electron chi connectivity index (χ4n) is 5.71. The zero-order valence-electron chi connectivity index (χ0n) is 23.6. The normalized spacial score (nSPS) is 14.5. The minimum Gasteiger partial charge on any atom is -0.550 e. The van der Waals surface area contributed by atoms with E-state index in [1.165, 1.54) is 23.6 Å². The lowest BCUT2D eigenvalue weighted by Crippen LogP contribution is -2.47. The fourth-order valence-corrected chi connectivity index (χ4v) is 5.71. The quantitative estimate of drug-likeness (QED) is 0.194. The summed E-state index contributed by atoms with van der Waals surface area (Å²) in [4.78, 5) is 32.1. The molecule has 5 rings (SSSR count). The highest BCUT2D eigenvalue weighted by Gasteiger charge is 2.26. The summed E-state index contributed by atoms with van der Waals surface area (Å²) in [5, 5.41) is 10.8. The molecule has 41 heavy (non-hydrogen) atoms. The number of carboxylic acid groups (broad SMARTS) is 1. The van der Waals surface area contributed by atoms with Crippen LogP contribution in [0.15, 0.2) is 78.9 Å². The van der Waals surface area contributed by atoms with Gasteiger partial charge in [0.05, 0.1) is 17.1 Å². The van der Waals surface area contributed by atoms with E-state index >= 15 is 0 Å². The van der Waals surface area contributed by atoms with Crippen molar-refractivity contribution in [3.8, 4) is 0 Å². The molecule has 0 radical (unpaired) electrons. The number of benzene rings is 3. The van der Waals surface area contributed by atoms with Gasteiger partial charge >= 0.3 is 5.97 Å². The zero-order chi connectivity index (χ0) is 28.6. The van der Waals surface area contributed by atoms with Crippen LogP contribution in [0.3, 0.4) is 0 Å². The van der Waals surface area contributed by atoms with Crippen LogP contribution in [0.2, 0.25) is 0 Å². The van der Waals surface area contributed by atoms with Gasteiger partial charge in [-0.05, 0) is 48.1 Å². The van der Waals surface area contributed by atoms with E-state index in [0.717, 1.165) is 43.8 Å². The van der Waals surface area contributed by atoms with Crippen molar-refractivity contribution in [3.63, 3.8) is 0 Å². The third-order valence-corrected chi connectivity index (χ3v) is 7.72. The van der Waals surface area contributed by atoms with Crippen LogP contribution < -0.4 is 5.11 Å². The molecule has 2 heterocycles. The van der Waals surface area contributed by atoms with Gasteiger partial charge in [-0.2, -0.15) is 0 Å². The van der Waals surface area contributed by atoms with Crippen LogP contribution >= 0.6 is 0 Å².